The first-order valence-electron chi connectivity index (χ1n) is 11.4. The van der Waals surface area contributed by atoms with Crippen LogP contribution in [0.5, 0.6) is 0 Å². The lowest BCUT2D eigenvalue weighted by atomic mass is 10.1. The van der Waals surface area contributed by atoms with Crippen molar-refractivity contribution in [2.45, 2.75) is 69.3 Å². The van der Waals surface area contributed by atoms with Gasteiger partial charge in [0.15, 0.2) is 11.0 Å². The molecular formula is C25H30Cl2N4OS. The van der Waals surface area contributed by atoms with Crippen LogP contribution in [-0.2, 0) is 10.5 Å². The predicted molar refractivity (Wildman–Crippen MR) is 137 cm³/mol. The van der Waals surface area contributed by atoms with E-state index in [4.69, 9.17) is 23.2 Å². The smallest absolute Gasteiger partial charge is 0.220 e. The van der Waals surface area contributed by atoms with Crippen LogP contribution in [-0.4, -0.2) is 20.7 Å². The molecule has 1 atom stereocenters. The molecule has 0 aliphatic rings. The number of amides is 1. The normalized spacial score (nSPS) is 12.0. The van der Waals surface area contributed by atoms with Gasteiger partial charge in [-0.05, 0) is 37.1 Å². The molecule has 3 aromatic rings. The standard InChI is InChI=1S/C25H30Cl2N4OS/c1-3-4-5-6-10-13-23(32)28-18(2)24-29-30-25(33-17-19-11-8-7-9-12-19)31(24)22-16-20(26)14-15-21(22)27/h7-9,11-12,14-16,18H,3-6,10,13,17H2,1-2H3,(H,28,32). The number of halogens is 2. The zero-order valence-corrected chi connectivity index (χ0v) is 21.4. The first kappa shape index (κ1) is 25.6. The number of rotatable bonds is 12. The summed E-state index contributed by atoms with van der Waals surface area (Å²) < 4.78 is 1.90. The van der Waals surface area contributed by atoms with Crippen molar-refractivity contribution >= 4 is 40.9 Å². The van der Waals surface area contributed by atoms with Crippen molar-refractivity contribution in [1.82, 2.24) is 20.1 Å². The van der Waals surface area contributed by atoms with E-state index < -0.39 is 0 Å². The molecule has 2 aromatic carbocycles. The maximum absolute atomic E-state index is 12.5. The molecule has 5 nitrogen and oxygen atoms in total. The fourth-order valence-corrected chi connectivity index (χ4v) is 4.80. The van der Waals surface area contributed by atoms with Crippen molar-refractivity contribution in [3.05, 3.63) is 70.0 Å². The summed E-state index contributed by atoms with van der Waals surface area (Å²) in [6, 6.07) is 15.1. The summed E-state index contributed by atoms with van der Waals surface area (Å²) in [5.74, 6) is 1.37. The Morgan fingerprint density at radius 1 is 1.06 bits per heavy atom. The van der Waals surface area contributed by atoms with Crippen molar-refractivity contribution in [1.29, 1.82) is 0 Å². The Labute approximate surface area is 210 Å². The Morgan fingerprint density at radius 2 is 1.82 bits per heavy atom. The van der Waals surface area contributed by atoms with Gasteiger partial charge in [-0.1, -0.05) is 97.9 Å². The topological polar surface area (TPSA) is 59.8 Å². The van der Waals surface area contributed by atoms with Crippen LogP contribution in [0.4, 0.5) is 0 Å². The van der Waals surface area contributed by atoms with Crippen LogP contribution in [0, 0.1) is 0 Å². The molecule has 1 aromatic heterocycles. The van der Waals surface area contributed by atoms with E-state index >= 15 is 0 Å². The van der Waals surface area contributed by atoms with E-state index in [1.807, 2.05) is 29.7 Å². The monoisotopic (exact) mass is 504 g/mol. The lowest BCUT2D eigenvalue weighted by Gasteiger charge is -2.17. The molecule has 1 N–H and O–H groups in total. The summed E-state index contributed by atoms with van der Waals surface area (Å²) in [5.41, 5.74) is 1.88. The Kier molecular flexibility index (Phi) is 10.1. The molecule has 1 unspecified atom stereocenters. The highest BCUT2D eigenvalue weighted by atomic mass is 35.5. The summed E-state index contributed by atoms with van der Waals surface area (Å²) in [7, 11) is 0. The molecule has 0 radical (unpaired) electrons. The number of aromatic nitrogens is 3. The Bertz CT molecular complexity index is 1040. The van der Waals surface area contributed by atoms with Gasteiger partial charge in [0.2, 0.25) is 5.91 Å². The van der Waals surface area contributed by atoms with Crippen LogP contribution >= 0.6 is 35.0 Å². The molecule has 8 heteroatoms. The largest absolute Gasteiger partial charge is 0.346 e. The van der Waals surface area contributed by atoms with Gasteiger partial charge in [0.05, 0.1) is 16.8 Å². The van der Waals surface area contributed by atoms with Crippen LogP contribution in [0.15, 0.2) is 53.7 Å². The number of nitrogens with zero attached hydrogens (tertiary/aromatic N) is 3. The summed E-state index contributed by atoms with van der Waals surface area (Å²) in [6.07, 6.45) is 6.05. The van der Waals surface area contributed by atoms with Gasteiger partial charge in [0.25, 0.3) is 0 Å². The second kappa shape index (κ2) is 13.0. The van der Waals surface area contributed by atoms with E-state index in [9.17, 15) is 4.79 Å². The average Bonchev–Trinajstić information content (AvgIpc) is 3.23. The number of hydrogen-bond acceptors (Lipinski definition) is 4. The maximum atomic E-state index is 12.5. The fraction of sp³-hybridized carbons (Fsp3) is 0.400. The average molecular weight is 506 g/mol. The molecule has 3 rings (SSSR count). The van der Waals surface area contributed by atoms with Gasteiger partial charge in [0, 0.05) is 17.2 Å². The lowest BCUT2D eigenvalue weighted by molar-refractivity contribution is -0.121. The quantitative estimate of drug-likeness (QED) is 0.206. The Balaban J connectivity index is 1.79. The molecule has 0 aliphatic heterocycles. The van der Waals surface area contributed by atoms with Gasteiger partial charge in [-0.2, -0.15) is 0 Å². The van der Waals surface area contributed by atoms with E-state index in [0.717, 1.165) is 18.6 Å². The van der Waals surface area contributed by atoms with Gasteiger partial charge in [-0.15, -0.1) is 10.2 Å². The van der Waals surface area contributed by atoms with Gasteiger partial charge in [0.1, 0.15) is 0 Å². The SMILES string of the molecule is CCCCCCCC(=O)NC(C)c1nnc(SCc2ccccc2)n1-c1cc(Cl)ccc1Cl. The number of carbonyl (C=O) groups excluding carboxylic acids is 1. The number of carbonyl (C=O) groups is 1. The van der Waals surface area contributed by atoms with Crippen molar-refractivity contribution in [2.75, 3.05) is 0 Å². The first-order valence-corrected chi connectivity index (χ1v) is 13.1. The van der Waals surface area contributed by atoms with Crippen LogP contribution in [0.2, 0.25) is 10.0 Å². The molecular weight excluding hydrogens is 475 g/mol. The van der Waals surface area contributed by atoms with Gasteiger partial charge in [-0.25, -0.2) is 0 Å². The minimum Gasteiger partial charge on any atom is -0.346 e. The Hall–Kier alpha value is -2.02. The number of hydrogen-bond donors (Lipinski definition) is 1. The van der Waals surface area contributed by atoms with Crippen LogP contribution < -0.4 is 5.32 Å². The molecule has 33 heavy (non-hydrogen) atoms. The van der Waals surface area contributed by atoms with Gasteiger partial charge < -0.3 is 5.32 Å². The fourth-order valence-electron chi connectivity index (χ4n) is 3.53. The second-order valence-corrected chi connectivity index (χ2v) is 9.79. The molecule has 0 spiro atoms. The Morgan fingerprint density at radius 3 is 2.58 bits per heavy atom. The number of benzene rings is 2. The van der Waals surface area contributed by atoms with E-state index in [1.54, 1.807) is 30.0 Å². The molecule has 0 bridgehead atoms. The zero-order valence-electron chi connectivity index (χ0n) is 19.1. The predicted octanol–water partition coefficient (Wildman–Crippen LogP) is 7.40. The molecule has 0 fully saturated rings. The van der Waals surface area contributed by atoms with Crippen LogP contribution in [0.25, 0.3) is 5.69 Å². The molecule has 176 valence electrons. The van der Waals surface area contributed by atoms with Crippen LogP contribution in [0.3, 0.4) is 0 Å². The van der Waals surface area contributed by atoms with Crippen molar-refractivity contribution < 1.29 is 4.79 Å². The highest BCUT2D eigenvalue weighted by Gasteiger charge is 2.22. The molecule has 0 saturated heterocycles. The number of nitrogens with one attached hydrogen (secondary N) is 1. The van der Waals surface area contributed by atoms with Gasteiger partial charge in [-0.3, -0.25) is 9.36 Å². The van der Waals surface area contributed by atoms with Crippen LogP contribution in [0.1, 0.15) is 69.8 Å². The minimum absolute atomic E-state index is 0.0178. The summed E-state index contributed by atoms with van der Waals surface area (Å²) in [5, 5.41) is 13.7. The zero-order chi connectivity index (χ0) is 23.6. The number of thioether (sulfide) groups is 1. The third-order valence-corrected chi connectivity index (χ3v) is 6.85. The lowest BCUT2D eigenvalue weighted by Crippen LogP contribution is -2.28. The first-order chi connectivity index (χ1) is 16.0. The highest BCUT2D eigenvalue weighted by molar-refractivity contribution is 7.98. The molecule has 0 aliphatic carbocycles. The van der Waals surface area contributed by atoms with E-state index in [1.165, 1.54) is 24.8 Å². The van der Waals surface area contributed by atoms with E-state index in [-0.39, 0.29) is 11.9 Å². The van der Waals surface area contributed by atoms with Crippen molar-refractivity contribution in [3.63, 3.8) is 0 Å². The number of unbranched alkanes of at least 4 members (excludes halogenated alkanes) is 4. The molecule has 0 saturated carbocycles. The van der Waals surface area contributed by atoms with Crippen molar-refractivity contribution in [2.24, 2.45) is 0 Å². The highest BCUT2D eigenvalue weighted by Crippen LogP contribution is 2.32. The second-order valence-electron chi connectivity index (χ2n) is 8.00. The summed E-state index contributed by atoms with van der Waals surface area (Å²) >= 11 is 14.4. The van der Waals surface area contributed by atoms with Crippen molar-refractivity contribution in [3.8, 4) is 5.69 Å². The summed E-state index contributed by atoms with van der Waals surface area (Å²) in [6.45, 7) is 4.10. The molecule has 1 amide bonds. The van der Waals surface area contributed by atoms with Gasteiger partial charge >= 0.3 is 0 Å². The third kappa shape index (κ3) is 7.49. The maximum Gasteiger partial charge on any atom is 0.220 e. The minimum atomic E-state index is -0.332. The third-order valence-electron chi connectivity index (χ3n) is 5.29. The van der Waals surface area contributed by atoms with E-state index in [0.29, 0.717) is 33.1 Å². The van der Waals surface area contributed by atoms with E-state index in [2.05, 4.69) is 34.6 Å². The molecule has 1 heterocycles. The summed E-state index contributed by atoms with van der Waals surface area (Å²) in [4.78, 5) is 12.5.